The van der Waals surface area contributed by atoms with Crippen LogP contribution >= 0.6 is 11.6 Å². The quantitative estimate of drug-likeness (QED) is 0.217. The highest BCUT2D eigenvalue weighted by molar-refractivity contribution is 7.92. The lowest BCUT2D eigenvalue weighted by molar-refractivity contribution is 0.0132. The van der Waals surface area contributed by atoms with Crippen molar-refractivity contribution in [3.63, 3.8) is 0 Å². The third-order valence-electron chi connectivity index (χ3n) is 11.7. The van der Waals surface area contributed by atoms with Crippen molar-refractivity contribution in [1.82, 2.24) is 9.29 Å². The van der Waals surface area contributed by atoms with E-state index in [-0.39, 0.29) is 17.3 Å². The number of halogens is 1. The highest BCUT2D eigenvalue weighted by Crippen LogP contribution is 2.47. The molecule has 9 nitrogen and oxygen atoms in total. The number of nitrogens with zero attached hydrogens (tertiary/aromatic N) is 3. The van der Waals surface area contributed by atoms with E-state index in [2.05, 4.69) is 38.3 Å². The molecule has 1 fully saturated rings. The minimum absolute atomic E-state index is 0.0224. The van der Waals surface area contributed by atoms with Crippen molar-refractivity contribution in [2.75, 3.05) is 37.5 Å². The number of nitrogens with one attached hydrogen (secondary N) is 1. The number of hydrogen-bond acceptors (Lipinski definition) is 6. The Kier molecular flexibility index (Phi) is 9.42. The molecule has 3 aromatic carbocycles. The molecule has 4 aliphatic rings. The number of fused-ring (bicyclic) bond motifs is 5. The summed E-state index contributed by atoms with van der Waals surface area (Å²) in [5, 5.41) is 1.63. The van der Waals surface area contributed by atoms with Gasteiger partial charge in [-0.25, -0.2) is 4.21 Å². The van der Waals surface area contributed by atoms with Gasteiger partial charge in [-0.2, -0.15) is 0 Å². The molecule has 1 unspecified atom stereocenters. The number of aromatic nitrogens is 1. The summed E-state index contributed by atoms with van der Waals surface area (Å²) in [5.41, 5.74) is 4.63. The number of methoxy groups -OCH3 is 1. The molecule has 4 aromatic rings. The van der Waals surface area contributed by atoms with Gasteiger partial charge >= 0.3 is 0 Å². The van der Waals surface area contributed by atoms with Crippen LogP contribution in [-0.4, -0.2) is 59.3 Å². The van der Waals surface area contributed by atoms with Crippen molar-refractivity contribution in [2.24, 2.45) is 23.2 Å². The van der Waals surface area contributed by atoms with Crippen LogP contribution in [0.25, 0.3) is 10.9 Å². The largest absolute Gasteiger partial charge is 0.490 e. The summed E-state index contributed by atoms with van der Waals surface area (Å²) in [6.45, 7) is 2.01. The molecule has 2 aliphatic carbocycles. The lowest BCUT2D eigenvalue weighted by Gasteiger charge is -2.46. The molecule has 52 heavy (non-hydrogen) atoms. The molecule has 0 saturated heterocycles. The minimum atomic E-state index is -3.50. The number of anilines is 1. The van der Waals surface area contributed by atoms with E-state index in [1.807, 2.05) is 42.5 Å². The second-order valence-corrected chi connectivity index (χ2v) is 17.4. The van der Waals surface area contributed by atoms with E-state index in [1.54, 1.807) is 30.9 Å². The molecule has 1 spiro atoms. The Morgan fingerprint density at radius 3 is 2.77 bits per heavy atom. The van der Waals surface area contributed by atoms with E-state index in [9.17, 15) is 13.8 Å². The van der Waals surface area contributed by atoms with Crippen molar-refractivity contribution in [2.45, 2.75) is 56.5 Å². The first-order valence-corrected chi connectivity index (χ1v) is 20.4. The lowest BCUT2D eigenvalue weighted by atomic mass is 9.68. The maximum Gasteiger partial charge on any atom is 0.286 e. The average molecular weight is 741 g/mol. The number of ether oxygens (including phenoxy) is 2. The zero-order valence-corrected chi connectivity index (χ0v) is 31.3. The molecule has 8 rings (SSSR count). The van der Waals surface area contributed by atoms with Gasteiger partial charge in [-0.1, -0.05) is 48.0 Å². The molecule has 1 saturated carbocycles. The molecular formula is C41H45ClN4O5S. The summed E-state index contributed by atoms with van der Waals surface area (Å²) >= 11 is 6.46. The molecule has 5 atom stereocenters. The van der Waals surface area contributed by atoms with Gasteiger partial charge < -0.3 is 18.9 Å². The predicted octanol–water partition coefficient (Wildman–Crippen LogP) is 7.65. The second-order valence-electron chi connectivity index (χ2n) is 14.9. The highest BCUT2D eigenvalue weighted by Gasteiger charge is 2.44. The Bertz CT molecular complexity index is 2210. The van der Waals surface area contributed by atoms with Crippen molar-refractivity contribution in [3.8, 4) is 5.75 Å². The summed E-state index contributed by atoms with van der Waals surface area (Å²) in [6.07, 6.45) is 10.4. The zero-order valence-electron chi connectivity index (χ0n) is 29.7. The van der Waals surface area contributed by atoms with E-state index in [4.69, 9.17) is 21.1 Å². The number of carbonyl (C=O) groups excluding carboxylic acids is 2. The SMILES string of the molecule is CO[C@H]1/C=C\CCCS(=O)(NC(=O)c2cc3ccccc3n2C)=NC(=O)c2ccc3c(c2)N(C[C@@H]2CC[C@H]21)C[C@@]1(CCCc2cc(Cl)ccc21)CO3. The van der Waals surface area contributed by atoms with Crippen LogP contribution in [0.5, 0.6) is 5.75 Å². The Balaban J connectivity index is 1.19. The molecule has 2 bridgehead atoms. The highest BCUT2D eigenvalue weighted by atomic mass is 35.5. The third-order valence-corrected chi connectivity index (χ3v) is 13.7. The molecule has 272 valence electrons. The third kappa shape index (κ3) is 6.54. The monoisotopic (exact) mass is 740 g/mol. The Morgan fingerprint density at radius 1 is 1.10 bits per heavy atom. The van der Waals surface area contributed by atoms with Crippen molar-refractivity contribution < 1.29 is 23.3 Å². The van der Waals surface area contributed by atoms with Crippen LogP contribution in [0.1, 0.15) is 70.5 Å². The van der Waals surface area contributed by atoms with E-state index >= 15 is 0 Å². The van der Waals surface area contributed by atoms with Gasteiger partial charge in [-0.3, -0.25) is 14.3 Å². The topological polar surface area (TPSA) is 102 Å². The molecule has 1 aromatic heterocycles. The first-order valence-electron chi connectivity index (χ1n) is 18.3. The van der Waals surface area contributed by atoms with Gasteiger partial charge in [0.2, 0.25) is 0 Å². The molecular weight excluding hydrogens is 696 g/mol. The summed E-state index contributed by atoms with van der Waals surface area (Å²) in [4.78, 5) is 30.1. The first kappa shape index (κ1) is 34.9. The van der Waals surface area contributed by atoms with Gasteiger partial charge in [0, 0.05) is 54.2 Å². The normalized spacial score (nSPS) is 28.1. The van der Waals surface area contributed by atoms with Crippen LogP contribution in [0.4, 0.5) is 5.69 Å². The average Bonchev–Trinajstić information content (AvgIpc) is 3.38. The Hall–Kier alpha value is -4.12. The number of para-hydroxylation sites is 1. The van der Waals surface area contributed by atoms with Gasteiger partial charge in [-0.05, 0) is 110 Å². The number of benzene rings is 3. The zero-order chi connectivity index (χ0) is 36.0. The molecule has 3 heterocycles. The van der Waals surface area contributed by atoms with Gasteiger partial charge in [0.25, 0.3) is 11.8 Å². The minimum Gasteiger partial charge on any atom is -0.490 e. The number of aryl methyl sites for hydroxylation is 2. The van der Waals surface area contributed by atoms with Crippen LogP contribution in [0.15, 0.2) is 83.2 Å². The van der Waals surface area contributed by atoms with Crippen LogP contribution in [-0.2, 0) is 33.5 Å². The smallest absolute Gasteiger partial charge is 0.286 e. The van der Waals surface area contributed by atoms with E-state index in [0.29, 0.717) is 48.3 Å². The van der Waals surface area contributed by atoms with E-state index in [1.165, 1.54) is 11.1 Å². The van der Waals surface area contributed by atoms with Crippen LogP contribution in [0.2, 0.25) is 5.02 Å². The van der Waals surface area contributed by atoms with Crippen LogP contribution in [0.3, 0.4) is 0 Å². The number of rotatable bonds is 3. The number of amides is 2. The van der Waals surface area contributed by atoms with E-state index < -0.39 is 21.7 Å². The molecule has 1 N–H and O–H groups in total. The van der Waals surface area contributed by atoms with Gasteiger partial charge in [-0.15, -0.1) is 4.36 Å². The van der Waals surface area contributed by atoms with Gasteiger partial charge in [0.05, 0.1) is 24.2 Å². The summed E-state index contributed by atoms with van der Waals surface area (Å²) in [7, 11) is 0.0586. The maximum atomic E-state index is 14.5. The fraction of sp³-hybridized carbons (Fsp3) is 0.415. The summed E-state index contributed by atoms with van der Waals surface area (Å²) in [6, 6.07) is 21.0. The molecule has 0 radical (unpaired) electrons. The standard InChI is InChI=1S/C41H45ClN4O5S/c1-45-34-11-6-5-9-28(34)22-36(45)40(48)44-52(49)20-7-3-4-12-37(50-2)32-16-13-30(32)24-46-25-41(19-8-10-27-21-31(42)15-17-33(27)41)26-51-38-18-14-29(23-35(38)46)39(47)43-52/h4-6,9,11-12,14-15,17-18,21-23,30,32,37H,3,7-8,10,13,16,19-20,24-26H2,1-2H3,(H,43,44,47,48,49)/b12-4-/t30-,32+,37-,41-,52?/m0/s1. The summed E-state index contributed by atoms with van der Waals surface area (Å²) < 4.78 is 36.0. The Morgan fingerprint density at radius 2 is 1.96 bits per heavy atom. The van der Waals surface area contributed by atoms with E-state index in [0.717, 1.165) is 66.8 Å². The number of hydrogen-bond donors (Lipinski definition) is 1. The second kappa shape index (κ2) is 14.0. The first-order chi connectivity index (χ1) is 25.1. The molecule has 2 amide bonds. The van der Waals surface area contributed by atoms with Gasteiger partial charge in [0.15, 0.2) is 0 Å². The Labute approximate surface area is 310 Å². The fourth-order valence-electron chi connectivity index (χ4n) is 8.82. The lowest BCUT2D eigenvalue weighted by Crippen LogP contribution is -2.49. The molecule has 11 heteroatoms. The van der Waals surface area contributed by atoms with Crippen LogP contribution in [0, 0.1) is 11.8 Å². The maximum absolute atomic E-state index is 14.5. The number of carbonyl (C=O) groups is 2. The predicted molar refractivity (Wildman–Crippen MR) is 206 cm³/mol. The van der Waals surface area contributed by atoms with Crippen LogP contribution < -0.4 is 14.4 Å². The van der Waals surface area contributed by atoms with Crippen molar-refractivity contribution in [1.29, 1.82) is 0 Å². The summed E-state index contributed by atoms with van der Waals surface area (Å²) in [5.74, 6) is 0.297. The van der Waals surface area contributed by atoms with Crippen molar-refractivity contribution in [3.05, 3.63) is 106 Å². The molecule has 2 aliphatic heterocycles. The van der Waals surface area contributed by atoms with Crippen molar-refractivity contribution >= 4 is 49.9 Å². The fourth-order valence-corrected chi connectivity index (χ4v) is 10.6. The van der Waals surface area contributed by atoms with Gasteiger partial charge in [0.1, 0.15) is 21.4 Å². The number of allylic oxidation sites excluding steroid dienone is 1.